The van der Waals surface area contributed by atoms with E-state index in [1.54, 1.807) is 0 Å². The third kappa shape index (κ3) is 2.28. The van der Waals surface area contributed by atoms with Gasteiger partial charge >= 0.3 is 5.97 Å². The van der Waals surface area contributed by atoms with Crippen molar-refractivity contribution >= 4 is 5.97 Å². The molecular formula is C16H19NO2. The van der Waals surface area contributed by atoms with Crippen LogP contribution in [0.2, 0.25) is 0 Å². The van der Waals surface area contributed by atoms with E-state index in [-0.39, 0.29) is 5.97 Å². The maximum Gasteiger partial charge on any atom is 0.339 e. The molecule has 0 saturated carbocycles. The van der Waals surface area contributed by atoms with E-state index in [1.165, 1.54) is 12.7 Å². The van der Waals surface area contributed by atoms with Crippen molar-refractivity contribution in [3.63, 3.8) is 0 Å². The molecule has 1 aromatic carbocycles. The average molecular weight is 257 g/mol. The van der Waals surface area contributed by atoms with Crippen molar-refractivity contribution < 1.29 is 9.53 Å². The van der Waals surface area contributed by atoms with Crippen LogP contribution in [-0.4, -0.2) is 17.6 Å². The molecule has 0 N–H and O–H groups in total. The number of aryl methyl sites for hydroxylation is 2. The molecule has 100 valence electrons. The first-order valence-electron chi connectivity index (χ1n) is 6.45. The zero-order valence-electron chi connectivity index (χ0n) is 11.9. The molecule has 0 amide bonds. The van der Waals surface area contributed by atoms with Gasteiger partial charge in [-0.3, -0.25) is 0 Å². The predicted molar refractivity (Wildman–Crippen MR) is 76.0 cm³/mol. The normalized spacial score (nSPS) is 10.5. The van der Waals surface area contributed by atoms with E-state index in [9.17, 15) is 4.79 Å². The minimum Gasteiger partial charge on any atom is -0.465 e. The molecule has 0 radical (unpaired) electrons. The van der Waals surface area contributed by atoms with Gasteiger partial charge in [0.15, 0.2) is 0 Å². The van der Waals surface area contributed by atoms with Gasteiger partial charge in [-0.05, 0) is 38.0 Å². The molecule has 0 aliphatic carbocycles. The highest BCUT2D eigenvalue weighted by Gasteiger charge is 2.17. The Morgan fingerprint density at radius 3 is 2.58 bits per heavy atom. The molecule has 3 nitrogen and oxygen atoms in total. The van der Waals surface area contributed by atoms with E-state index < -0.39 is 0 Å². The summed E-state index contributed by atoms with van der Waals surface area (Å²) in [5, 5.41) is 0. The number of rotatable bonds is 3. The first kappa shape index (κ1) is 13.4. The van der Waals surface area contributed by atoms with Gasteiger partial charge in [-0.25, -0.2) is 4.79 Å². The molecule has 0 bridgehead atoms. The van der Waals surface area contributed by atoms with Crippen LogP contribution in [-0.2, 0) is 11.2 Å². The molecule has 19 heavy (non-hydrogen) atoms. The summed E-state index contributed by atoms with van der Waals surface area (Å²) >= 11 is 0. The Morgan fingerprint density at radius 1 is 1.26 bits per heavy atom. The molecule has 0 aliphatic rings. The zero-order chi connectivity index (χ0) is 14.0. The average Bonchev–Trinajstić information content (AvgIpc) is 2.73. The number of carbonyl (C=O) groups is 1. The number of para-hydroxylation sites is 1. The van der Waals surface area contributed by atoms with Gasteiger partial charge in [-0.15, -0.1) is 0 Å². The van der Waals surface area contributed by atoms with Gasteiger partial charge in [-0.1, -0.05) is 25.1 Å². The molecule has 0 saturated heterocycles. The van der Waals surface area contributed by atoms with Crippen LogP contribution in [0.1, 0.15) is 34.2 Å². The lowest BCUT2D eigenvalue weighted by molar-refractivity contribution is 0.0600. The zero-order valence-corrected chi connectivity index (χ0v) is 11.9. The topological polar surface area (TPSA) is 31.2 Å². The third-order valence-corrected chi connectivity index (χ3v) is 3.45. The molecule has 3 heteroatoms. The van der Waals surface area contributed by atoms with Crippen LogP contribution in [0.3, 0.4) is 0 Å². The number of carbonyl (C=O) groups excluding carboxylic acids is 1. The number of hydrogen-bond acceptors (Lipinski definition) is 2. The number of aromatic nitrogens is 1. The second-order valence-electron chi connectivity index (χ2n) is 4.59. The van der Waals surface area contributed by atoms with Crippen LogP contribution < -0.4 is 0 Å². The van der Waals surface area contributed by atoms with Gasteiger partial charge in [0, 0.05) is 17.1 Å². The Hall–Kier alpha value is -2.03. The lowest BCUT2D eigenvalue weighted by atomic mass is 10.1. The van der Waals surface area contributed by atoms with Crippen molar-refractivity contribution in [3.05, 3.63) is 52.8 Å². The van der Waals surface area contributed by atoms with E-state index in [0.717, 1.165) is 23.5 Å². The molecule has 0 atom stereocenters. The molecule has 0 aliphatic heterocycles. The van der Waals surface area contributed by atoms with Crippen LogP contribution >= 0.6 is 0 Å². The predicted octanol–water partition coefficient (Wildman–Crippen LogP) is 3.44. The first-order chi connectivity index (χ1) is 9.10. The maximum atomic E-state index is 11.8. The largest absolute Gasteiger partial charge is 0.465 e. The van der Waals surface area contributed by atoms with Crippen molar-refractivity contribution in [2.45, 2.75) is 27.2 Å². The van der Waals surface area contributed by atoms with E-state index in [4.69, 9.17) is 4.74 Å². The Labute approximate surface area is 113 Å². The smallest absolute Gasteiger partial charge is 0.339 e. The Bertz CT molecular complexity index is 611. The lowest BCUT2D eigenvalue weighted by Crippen LogP contribution is -2.06. The third-order valence-electron chi connectivity index (χ3n) is 3.45. The van der Waals surface area contributed by atoms with E-state index >= 15 is 0 Å². The SMILES string of the molecule is CCc1ccccc1-n1c(C)cc(C(=O)OC)c1C. The Morgan fingerprint density at radius 2 is 1.95 bits per heavy atom. The number of ether oxygens (including phenoxy) is 1. The summed E-state index contributed by atoms with van der Waals surface area (Å²) in [7, 11) is 1.41. The first-order valence-corrected chi connectivity index (χ1v) is 6.45. The maximum absolute atomic E-state index is 11.8. The van der Waals surface area contributed by atoms with Gasteiger partial charge in [0.05, 0.1) is 12.7 Å². The molecular weight excluding hydrogens is 238 g/mol. The molecule has 2 rings (SSSR count). The monoisotopic (exact) mass is 257 g/mol. The fraction of sp³-hybridized carbons (Fsp3) is 0.312. The fourth-order valence-corrected chi connectivity index (χ4v) is 2.48. The number of nitrogens with zero attached hydrogens (tertiary/aromatic N) is 1. The van der Waals surface area contributed by atoms with Gasteiger partial charge in [-0.2, -0.15) is 0 Å². The fourth-order valence-electron chi connectivity index (χ4n) is 2.48. The second kappa shape index (κ2) is 5.31. The molecule has 1 heterocycles. The molecule has 1 aromatic heterocycles. The van der Waals surface area contributed by atoms with Crippen LogP contribution in [0.5, 0.6) is 0 Å². The summed E-state index contributed by atoms with van der Waals surface area (Å²) in [5.41, 5.74) is 4.99. The summed E-state index contributed by atoms with van der Waals surface area (Å²) in [6.07, 6.45) is 0.959. The minimum atomic E-state index is -0.284. The van der Waals surface area contributed by atoms with Crippen molar-refractivity contribution in [3.8, 4) is 5.69 Å². The van der Waals surface area contributed by atoms with Gasteiger partial charge in [0.25, 0.3) is 0 Å². The standard InChI is InChI=1S/C16H19NO2/c1-5-13-8-6-7-9-15(13)17-11(2)10-14(12(17)3)16(18)19-4/h6-10H,5H2,1-4H3. The van der Waals surface area contributed by atoms with Gasteiger partial charge in [0.2, 0.25) is 0 Å². The van der Waals surface area contributed by atoms with Crippen LogP contribution in [0.15, 0.2) is 30.3 Å². The highest BCUT2D eigenvalue weighted by atomic mass is 16.5. The highest BCUT2D eigenvalue weighted by molar-refractivity contribution is 5.91. The number of methoxy groups -OCH3 is 1. The molecule has 2 aromatic rings. The van der Waals surface area contributed by atoms with Crippen molar-refractivity contribution in [2.24, 2.45) is 0 Å². The Kier molecular flexibility index (Phi) is 3.74. The number of esters is 1. The van der Waals surface area contributed by atoms with Gasteiger partial charge in [0.1, 0.15) is 0 Å². The number of benzene rings is 1. The van der Waals surface area contributed by atoms with Crippen molar-refractivity contribution in [2.75, 3.05) is 7.11 Å². The van der Waals surface area contributed by atoms with Crippen LogP contribution in [0, 0.1) is 13.8 Å². The summed E-state index contributed by atoms with van der Waals surface area (Å²) in [5.74, 6) is -0.284. The van der Waals surface area contributed by atoms with Crippen molar-refractivity contribution in [1.29, 1.82) is 0 Å². The highest BCUT2D eigenvalue weighted by Crippen LogP contribution is 2.24. The summed E-state index contributed by atoms with van der Waals surface area (Å²) in [4.78, 5) is 11.8. The van der Waals surface area contributed by atoms with Crippen LogP contribution in [0.4, 0.5) is 0 Å². The second-order valence-corrected chi connectivity index (χ2v) is 4.59. The molecule has 0 unspecified atom stereocenters. The summed E-state index contributed by atoms with van der Waals surface area (Å²) < 4.78 is 6.94. The number of hydrogen-bond donors (Lipinski definition) is 0. The summed E-state index contributed by atoms with van der Waals surface area (Å²) in [6.45, 7) is 6.09. The van der Waals surface area contributed by atoms with Crippen molar-refractivity contribution in [1.82, 2.24) is 4.57 Å². The van der Waals surface area contributed by atoms with E-state index in [2.05, 4.69) is 23.6 Å². The quantitative estimate of drug-likeness (QED) is 0.789. The van der Waals surface area contributed by atoms with Crippen LogP contribution in [0.25, 0.3) is 5.69 Å². The molecule has 0 spiro atoms. The van der Waals surface area contributed by atoms with Gasteiger partial charge < -0.3 is 9.30 Å². The molecule has 0 fully saturated rings. The minimum absolute atomic E-state index is 0.284. The summed E-state index contributed by atoms with van der Waals surface area (Å²) in [6, 6.07) is 10.1. The van der Waals surface area contributed by atoms with E-state index in [0.29, 0.717) is 5.56 Å². The van der Waals surface area contributed by atoms with E-state index in [1.807, 2.05) is 32.0 Å². The Balaban J connectivity index is 2.63. The lowest BCUT2D eigenvalue weighted by Gasteiger charge is -2.13.